The van der Waals surface area contributed by atoms with Crippen LogP contribution in [-0.2, 0) is 17.8 Å². The summed E-state index contributed by atoms with van der Waals surface area (Å²) in [5.41, 5.74) is 7.74. The molecule has 0 radical (unpaired) electrons. The molecule has 0 aliphatic heterocycles. The summed E-state index contributed by atoms with van der Waals surface area (Å²) >= 11 is 0. The summed E-state index contributed by atoms with van der Waals surface area (Å²) in [5, 5.41) is 3.22. The van der Waals surface area contributed by atoms with E-state index in [0.29, 0.717) is 19.0 Å². The Morgan fingerprint density at radius 3 is 2.47 bits per heavy atom. The number of hydrogen-bond donors (Lipinski definition) is 2. The van der Waals surface area contributed by atoms with E-state index >= 15 is 0 Å². The summed E-state index contributed by atoms with van der Waals surface area (Å²) in [4.78, 5) is 12.1. The fourth-order valence-electron chi connectivity index (χ4n) is 3.66. The van der Waals surface area contributed by atoms with Crippen LogP contribution in [0.2, 0.25) is 0 Å². The van der Waals surface area contributed by atoms with Gasteiger partial charge in [0.05, 0.1) is 6.42 Å². The number of hydrogen-bond acceptors (Lipinski definition) is 2. The SMILES string of the molecule is NCc1ccc(CC(=O)NC2CC3CCC2C3)cc1. The van der Waals surface area contributed by atoms with Gasteiger partial charge < -0.3 is 11.1 Å². The minimum absolute atomic E-state index is 0.165. The molecule has 3 heteroatoms. The van der Waals surface area contributed by atoms with Gasteiger partial charge in [-0.25, -0.2) is 0 Å². The molecule has 3 nitrogen and oxygen atoms in total. The second-order valence-electron chi connectivity index (χ2n) is 6.05. The first-order chi connectivity index (χ1) is 9.24. The van der Waals surface area contributed by atoms with Crippen molar-refractivity contribution in [2.24, 2.45) is 17.6 Å². The zero-order valence-electron chi connectivity index (χ0n) is 11.3. The van der Waals surface area contributed by atoms with E-state index < -0.39 is 0 Å². The lowest BCUT2D eigenvalue weighted by Crippen LogP contribution is -2.39. The smallest absolute Gasteiger partial charge is 0.224 e. The molecule has 3 rings (SSSR count). The summed E-state index contributed by atoms with van der Waals surface area (Å²) in [6.07, 6.45) is 5.69. The van der Waals surface area contributed by atoms with Gasteiger partial charge in [-0.05, 0) is 42.2 Å². The fourth-order valence-corrected chi connectivity index (χ4v) is 3.66. The molecule has 3 atom stereocenters. The maximum absolute atomic E-state index is 12.1. The van der Waals surface area contributed by atoms with Crippen molar-refractivity contribution in [1.82, 2.24) is 5.32 Å². The highest BCUT2D eigenvalue weighted by atomic mass is 16.1. The Kier molecular flexibility index (Phi) is 3.56. The minimum atomic E-state index is 0.165. The van der Waals surface area contributed by atoms with E-state index in [9.17, 15) is 4.79 Å². The van der Waals surface area contributed by atoms with Crippen molar-refractivity contribution in [2.45, 2.75) is 44.7 Å². The van der Waals surface area contributed by atoms with Gasteiger partial charge in [-0.2, -0.15) is 0 Å². The van der Waals surface area contributed by atoms with Crippen LogP contribution in [0.25, 0.3) is 0 Å². The molecular formula is C16H22N2O. The van der Waals surface area contributed by atoms with Gasteiger partial charge in [0.25, 0.3) is 0 Å². The van der Waals surface area contributed by atoms with Crippen LogP contribution in [-0.4, -0.2) is 11.9 Å². The molecule has 1 aromatic rings. The molecule has 2 bridgehead atoms. The van der Waals surface area contributed by atoms with Gasteiger partial charge in [0.15, 0.2) is 0 Å². The normalized spacial score (nSPS) is 28.6. The molecule has 3 N–H and O–H groups in total. The van der Waals surface area contributed by atoms with Crippen LogP contribution >= 0.6 is 0 Å². The van der Waals surface area contributed by atoms with Crippen LogP contribution in [0, 0.1) is 11.8 Å². The zero-order chi connectivity index (χ0) is 13.2. The molecule has 0 aromatic heterocycles. The maximum Gasteiger partial charge on any atom is 0.224 e. The number of amides is 1. The van der Waals surface area contributed by atoms with Gasteiger partial charge >= 0.3 is 0 Å². The molecule has 2 saturated carbocycles. The first-order valence-corrected chi connectivity index (χ1v) is 7.32. The van der Waals surface area contributed by atoms with Crippen LogP contribution in [0.1, 0.15) is 36.8 Å². The molecule has 1 amide bonds. The highest BCUT2D eigenvalue weighted by Crippen LogP contribution is 2.44. The van der Waals surface area contributed by atoms with Crippen molar-refractivity contribution in [2.75, 3.05) is 0 Å². The lowest BCUT2D eigenvalue weighted by atomic mass is 9.95. The van der Waals surface area contributed by atoms with Gasteiger partial charge in [0.1, 0.15) is 0 Å². The van der Waals surface area contributed by atoms with E-state index in [2.05, 4.69) is 5.32 Å². The van der Waals surface area contributed by atoms with Gasteiger partial charge in [0.2, 0.25) is 5.91 Å². The molecule has 2 fully saturated rings. The van der Waals surface area contributed by atoms with Crippen LogP contribution in [0.4, 0.5) is 0 Å². The number of fused-ring (bicyclic) bond motifs is 2. The summed E-state index contributed by atoms with van der Waals surface area (Å²) < 4.78 is 0. The van der Waals surface area contributed by atoms with E-state index in [1.54, 1.807) is 0 Å². The average molecular weight is 258 g/mol. The molecule has 3 unspecified atom stereocenters. The Morgan fingerprint density at radius 1 is 1.16 bits per heavy atom. The standard InChI is InChI=1S/C16H22N2O/c17-10-12-3-1-11(2-4-12)9-16(19)18-15-8-13-5-6-14(15)7-13/h1-4,13-15H,5-10,17H2,(H,18,19). The number of nitrogens with two attached hydrogens (primary N) is 1. The van der Waals surface area contributed by atoms with Crippen molar-refractivity contribution in [3.63, 3.8) is 0 Å². The number of rotatable bonds is 4. The first-order valence-electron chi connectivity index (χ1n) is 7.32. The summed E-state index contributed by atoms with van der Waals surface area (Å²) in [5.74, 6) is 1.78. The van der Waals surface area contributed by atoms with Crippen molar-refractivity contribution >= 4 is 5.91 Å². The number of nitrogens with one attached hydrogen (secondary N) is 1. The van der Waals surface area contributed by atoms with Gasteiger partial charge in [-0.3, -0.25) is 4.79 Å². The third kappa shape index (κ3) is 2.81. The third-order valence-electron chi connectivity index (χ3n) is 4.71. The average Bonchev–Trinajstić information content (AvgIpc) is 3.02. The van der Waals surface area contributed by atoms with Crippen LogP contribution in [0.3, 0.4) is 0 Å². The van der Waals surface area contributed by atoms with Crippen LogP contribution in [0.15, 0.2) is 24.3 Å². The Morgan fingerprint density at radius 2 is 1.89 bits per heavy atom. The summed E-state index contributed by atoms with van der Waals surface area (Å²) in [6.45, 7) is 0.553. The van der Waals surface area contributed by atoms with Gasteiger partial charge in [0, 0.05) is 12.6 Å². The van der Waals surface area contributed by atoms with Crippen LogP contribution in [0.5, 0.6) is 0 Å². The predicted octanol–water partition coefficient (Wildman–Crippen LogP) is 1.99. The third-order valence-corrected chi connectivity index (χ3v) is 4.71. The maximum atomic E-state index is 12.1. The lowest BCUT2D eigenvalue weighted by molar-refractivity contribution is -0.121. The Balaban J connectivity index is 1.53. The fraction of sp³-hybridized carbons (Fsp3) is 0.562. The Bertz CT molecular complexity index is 454. The number of benzene rings is 1. The van der Waals surface area contributed by atoms with E-state index in [-0.39, 0.29) is 5.91 Å². The second-order valence-corrected chi connectivity index (χ2v) is 6.05. The Labute approximate surface area is 114 Å². The van der Waals surface area contributed by atoms with Crippen molar-refractivity contribution in [3.8, 4) is 0 Å². The Hall–Kier alpha value is -1.35. The molecule has 102 valence electrons. The molecule has 0 spiro atoms. The molecule has 1 aromatic carbocycles. The topological polar surface area (TPSA) is 55.1 Å². The molecule has 2 aliphatic carbocycles. The molecule has 0 heterocycles. The molecule has 2 aliphatic rings. The molecule has 0 saturated heterocycles. The van der Waals surface area contributed by atoms with Crippen molar-refractivity contribution < 1.29 is 4.79 Å². The predicted molar refractivity (Wildman–Crippen MR) is 75.4 cm³/mol. The van der Waals surface area contributed by atoms with Gasteiger partial charge in [-0.15, -0.1) is 0 Å². The van der Waals surface area contributed by atoms with Crippen molar-refractivity contribution in [1.29, 1.82) is 0 Å². The minimum Gasteiger partial charge on any atom is -0.353 e. The van der Waals surface area contributed by atoms with E-state index in [1.165, 1.54) is 25.7 Å². The highest BCUT2D eigenvalue weighted by Gasteiger charge is 2.39. The number of carbonyl (C=O) groups is 1. The van der Waals surface area contributed by atoms with E-state index in [0.717, 1.165) is 23.0 Å². The molecule has 19 heavy (non-hydrogen) atoms. The first kappa shape index (κ1) is 12.7. The second kappa shape index (κ2) is 5.33. The monoisotopic (exact) mass is 258 g/mol. The summed E-state index contributed by atoms with van der Waals surface area (Å²) in [7, 11) is 0. The highest BCUT2D eigenvalue weighted by molar-refractivity contribution is 5.79. The summed E-state index contributed by atoms with van der Waals surface area (Å²) in [6, 6.07) is 8.44. The zero-order valence-corrected chi connectivity index (χ0v) is 11.3. The van der Waals surface area contributed by atoms with Gasteiger partial charge in [-0.1, -0.05) is 30.7 Å². The van der Waals surface area contributed by atoms with E-state index in [1.807, 2.05) is 24.3 Å². The van der Waals surface area contributed by atoms with E-state index in [4.69, 9.17) is 5.73 Å². The largest absolute Gasteiger partial charge is 0.353 e. The quantitative estimate of drug-likeness (QED) is 0.868. The number of carbonyl (C=O) groups excluding carboxylic acids is 1. The lowest BCUT2D eigenvalue weighted by Gasteiger charge is -2.22. The van der Waals surface area contributed by atoms with Crippen LogP contribution < -0.4 is 11.1 Å². The molecular weight excluding hydrogens is 236 g/mol. The van der Waals surface area contributed by atoms with Crippen molar-refractivity contribution in [3.05, 3.63) is 35.4 Å².